The highest BCUT2D eigenvalue weighted by molar-refractivity contribution is 5.10. The lowest BCUT2D eigenvalue weighted by atomic mass is 9.79. The van der Waals surface area contributed by atoms with E-state index >= 15 is 0 Å². The summed E-state index contributed by atoms with van der Waals surface area (Å²) in [4.78, 5) is 0. The van der Waals surface area contributed by atoms with Crippen molar-refractivity contribution in [2.75, 3.05) is 0 Å². The molecule has 11 heavy (non-hydrogen) atoms. The number of rotatable bonds is 0. The van der Waals surface area contributed by atoms with Crippen LogP contribution in [0.1, 0.15) is 38.5 Å². The van der Waals surface area contributed by atoms with E-state index in [0.29, 0.717) is 5.41 Å². The van der Waals surface area contributed by atoms with E-state index in [-0.39, 0.29) is 6.10 Å². The van der Waals surface area contributed by atoms with Crippen LogP contribution in [0.4, 0.5) is 0 Å². The molecule has 4 atom stereocenters. The van der Waals surface area contributed by atoms with Gasteiger partial charge in [0.1, 0.15) is 0 Å². The Bertz CT molecular complexity index is 185. The van der Waals surface area contributed by atoms with E-state index in [1.54, 1.807) is 0 Å². The van der Waals surface area contributed by atoms with Gasteiger partial charge in [0.15, 0.2) is 0 Å². The third-order valence-electron chi connectivity index (χ3n) is 4.64. The average molecular weight is 152 g/mol. The molecule has 0 aromatic carbocycles. The van der Waals surface area contributed by atoms with Gasteiger partial charge < -0.3 is 5.11 Å². The predicted octanol–water partition coefficient (Wildman–Crippen LogP) is 1.95. The highest BCUT2D eigenvalue weighted by Gasteiger charge is 2.60. The molecule has 0 spiro atoms. The molecule has 0 aromatic rings. The third kappa shape index (κ3) is 0.581. The van der Waals surface area contributed by atoms with Crippen molar-refractivity contribution >= 4 is 0 Å². The fraction of sp³-hybridized carbons (Fsp3) is 1.00. The van der Waals surface area contributed by atoms with Crippen molar-refractivity contribution in [1.82, 2.24) is 0 Å². The first-order chi connectivity index (χ1) is 5.33. The first-order valence-electron chi connectivity index (χ1n) is 5.01. The molecule has 1 nitrogen and oxygen atoms in total. The van der Waals surface area contributed by atoms with Gasteiger partial charge in [-0.25, -0.2) is 0 Å². The van der Waals surface area contributed by atoms with Crippen LogP contribution in [0.15, 0.2) is 0 Å². The van der Waals surface area contributed by atoms with Crippen LogP contribution in [0.3, 0.4) is 0 Å². The Morgan fingerprint density at radius 3 is 2.82 bits per heavy atom. The van der Waals surface area contributed by atoms with Gasteiger partial charge in [0.25, 0.3) is 0 Å². The second-order valence-corrected chi connectivity index (χ2v) is 4.78. The molecule has 3 saturated carbocycles. The van der Waals surface area contributed by atoms with E-state index in [1.165, 1.54) is 32.1 Å². The van der Waals surface area contributed by atoms with E-state index in [1.807, 2.05) is 0 Å². The van der Waals surface area contributed by atoms with Gasteiger partial charge in [0, 0.05) is 0 Å². The lowest BCUT2D eigenvalue weighted by Crippen LogP contribution is -2.30. The molecule has 0 unspecified atom stereocenters. The van der Waals surface area contributed by atoms with Gasteiger partial charge in [0.05, 0.1) is 6.10 Å². The van der Waals surface area contributed by atoms with Gasteiger partial charge in [-0.05, 0) is 49.4 Å². The molecule has 0 heterocycles. The summed E-state index contributed by atoms with van der Waals surface area (Å²) in [7, 11) is 0. The Morgan fingerprint density at radius 1 is 1.18 bits per heavy atom. The van der Waals surface area contributed by atoms with Crippen molar-refractivity contribution in [3.8, 4) is 0 Å². The fourth-order valence-corrected chi connectivity index (χ4v) is 4.18. The van der Waals surface area contributed by atoms with Crippen molar-refractivity contribution in [3.63, 3.8) is 0 Å². The van der Waals surface area contributed by atoms with Gasteiger partial charge in [-0.3, -0.25) is 0 Å². The standard InChI is InChI=1S/C10H16O/c11-9-6-7-3-5-10(9)4-1-2-8(7)10/h7-9,11H,1-6H2/t7-,8-,9+,10-/m1/s1. The molecular weight excluding hydrogens is 136 g/mol. The number of aliphatic hydroxyl groups excluding tert-OH is 1. The third-order valence-corrected chi connectivity index (χ3v) is 4.64. The first kappa shape index (κ1) is 6.47. The molecule has 3 aliphatic carbocycles. The van der Waals surface area contributed by atoms with Gasteiger partial charge >= 0.3 is 0 Å². The maximum Gasteiger partial charge on any atom is 0.0601 e. The van der Waals surface area contributed by atoms with Crippen LogP contribution >= 0.6 is 0 Å². The lowest BCUT2D eigenvalue weighted by Gasteiger charge is -2.30. The molecule has 2 bridgehead atoms. The van der Waals surface area contributed by atoms with Crippen LogP contribution in [0.2, 0.25) is 0 Å². The van der Waals surface area contributed by atoms with Crippen LogP contribution in [0.25, 0.3) is 0 Å². The summed E-state index contributed by atoms with van der Waals surface area (Å²) >= 11 is 0. The predicted molar refractivity (Wildman–Crippen MR) is 43.1 cm³/mol. The van der Waals surface area contributed by atoms with Gasteiger partial charge in [0.2, 0.25) is 0 Å². The number of hydrogen-bond acceptors (Lipinski definition) is 1. The molecule has 0 radical (unpaired) electrons. The van der Waals surface area contributed by atoms with Crippen LogP contribution in [0, 0.1) is 17.3 Å². The smallest absolute Gasteiger partial charge is 0.0601 e. The molecule has 1 N–H and O–H groups in total. The molecule has 0 aliphatic heterocycles. The van der Waals surface area contributed by atoms with Crippen LogP contribution in [-0.2, 0) is 0 Å². The monoisotopic (exact) mass is 152 g/mol. The fourth-order valence-electron chi connectivity index (χ4n) is 4.18. The summed E-state index contributed by atoms with van der Waals surface area (Å²) in [5.74, 6) is 1.84. The van der Waals surface area contributed by atoms with Crippen molar-refractivity contribution in [1.29, 1.82) is 0 Å². The van der Waals surface area contributed by atoms with Crippen molar-refractivity contribution < 1.29 is 5.11 Å². The average Bonchev–Trinajstić information content (AvgIpc) is 2.54. The first-order valence-corrected chi connectivity index (χ1v) is 5.01. The van der Waals surface area contributed by atoms with Crippen LogP contribution in [-0.4, -0.2) is 11.2 Å². The summed E-state index contributed by atoms with van der Waals surface area (Å²) in [6.07, 6.45) is 8.10. The maximum atomic E-state index is 9.88. The Labute approximate surface area is 67.8 Å². The van der Waals surface area contributed by atoms with Crippen molar-refractivity contribution in [2.45, 2.75) is 44.6 Å². The van der Waals surface area contributed by atoms with Gasteiger partial charge in [-0.2, -0.15) is 0 Å². The summed E-state index contributed by atoms with van der Waals surface area (Å²) in [5.41, 5.74) is 0.435. The molecule has 3 aliphatic rings. The van der Waals surface area contributed by atoms with Gasteiger partial charge in [-0.15, -0.1) is 0 Å². The Kier molecular flexibility index (Phi) is 1.07. The zero-order valence-corrected chi connectivity index (χ0v) is 6.92. The highest BCUT2D eigenvalue weighted by atomic mass is 16.3. The maximum absolute atomic E-state index is 9.88. The van der Waals surface area contributed by atoms with Crippen LogP contribution < -0.4 is 0 Å². The minimum Gasteiger partial charge on any atom is -0.393 e. The Balaban J connectivity index is 2.03. The molecular formula is C10H16O. The zero-order chi connectivity index (χ0) is 7.47. The summed E-state index contributed by atoms with van der Waals surface area (Å²) in [6, 6.07) is 0. The summed E-state index contributed by atoms with van der Waals surface area (Å²) in [6.45, 7) is 0. The molecule has 0 saturated heterocycles. The molecule has 62 valence electrons. The number of hydrogen-bond donors (Lipinski definition) is 1. The van der Waals surface area contributed by atoms with E-state index in [9.17, 15) is 5.11 Å². The van der Waals surface area contributed by atoms with E-state index in [2.05, 4.69) is 0 Å². The molecule has 0 aromatic heterocycles. The quantitative estimate of drug-likeness (QED) is 0.562. The van der Waals surface area contributed by atoms with Crippen LogP contribution in [0.5, 0.6) is 0 Å². The molecule has 0 amide bonds. The van der Waals surface area contributed by atoms with E-state index < -0.39 is 0 Å². The zero-order valence-electron chi connectivity index (χ0n) is 6.92. The molecule has 3 rings (SSSR count). The Morgan fingerprint density at radius 2 is 2.09 bits per heavy atom. The minimum atomic E-state index is 0.0775. The largest absolute Gasteiger partial charge is 0.393 e. The number of aliphatic hydroxyl groups is 1. The second kappa shape index (κ2) is 1.82. The van der Waals surface area contributed by atoms with Crippen molar-refractivity contribution in [2.24, 2.45) is 17.3 Å². The van der Waals surface area contributed by atoms with Crippen molar-refractivity contribution in [3.05, 3.63) is 0 Å². The minimum absolute atomic E-state index is 0.0775. The van der Waals surface area contributed by atoms with E-state index in [4.69, 9.17) is 0 Å². The highest BCUT2D eigenvalue weighted by Crippen LogP contribution is 2.65. The normalized spacial score (nSPS) is 60.3. The molecule has 3 fully saturated rings. The summed E-state index contributed by atoms with van der Waals surface area (Å²) < 4.78 is 0. The Hall–Kier alpha value is -0.0400. The lowest BCUT2D eigenvalue weighted by molar-refractivity contribution is 0.0331. The second-order valence-electron chi connectivity index (χ2n) is 4.78. The van der Waals surface area contributed by atoms with Gasteiger partial charge in [-0.1, -0.05) is 6.42 Å². The molecule has 1 heteroatoms. The topological polar surface area (TPSA) is 20.2 Å². The van der Waals surface area contributed by atoms with E-state index in [0.717, 1.165) is 18.3 Å². The SMILES string of the molecule is O[C@H]1C[C@H]2CC[C@@]13CCC[C@H]23. The summed E-state index contributed by atoms with van der Waals surface area (Å²) in [5, 5.41) is 9.88.